The lowest BCUT2D eigenvalue weighted by atomic mass is 9.95. The summed E-state index contributed by atoms with van der Waals surface area (Å²) >= 11 is 0. The maximum atomic E-state index is 13.3. The fraction of sp³-hybridized carbons (Fsp3) is 0.0455. The first-order valence-corrected chi connectivity index (χ1v) is 8.28. The molecule has 0 spiro atoms. The Balaban J connectivity index is 1.87. The molecule has 1 N–H and O–H groups in total. The van der Waals surface area contributed by atoms with Gasteiger partial charge in [0.15, 0.2) is 0 Å². The van der Waals surface area contributed by atoms with Gasteiger partial charge in [0.1, 0.15) is 5.75 Å². The van der Waals surface area contributed by atoms with Crippen LogP contribution in [-0.4, -0.2) is 10.1 Å². The fourth-order valence-corrected chi connectivity index (χ4v) is 3.19. The van der Waals surface area contributed by atoms with Crippen LogP contribution in [0.4, 0.5) is 13.2 Å². The average Bonchev–Trinajstić information content (AvgIpc) is 2.67. The Morgan fingerprint density at radius 1 is 0.741 bits per heavy atom. The quantitative estimate of drug-likeness (QED) is 0.453. The van der Waals surface area contributed by atoms with Crippen molar-refractivity contribution in [3.8, 4) is 28.0 Å². The second-order valence-corrected chi connectivity index (χ2v) is 6.18. The minimum Gasteiger partial charge on any atom is -0.508 e. The van der Waals surface area contributed by atoms with Crippen LogP contribution in [0.15, 0.2) is 79.0 Å². The summed E-state index contributed by atoms with van der Waals surface area (Å²) in [7, 11) is 0. The van der Waals surface area contributed by atoms with Crippen LogP contribution in [0, 0.1) is 0 Å². The number of halogens is 3. The highest BCUT2D eigenvalue weighted by molar-refractivity contribution is 5.96. The number of nitrogens with zero attached hydrogens (tertiary/aromatic N) is 1. The maximum Gasteiger partial charge on any atom is 0.417 e. The fourth-order valence-electron chi connectivity index (χ4n) is 3.19. The van der Waals surface area contributed by atoms with Gasteiger partial charge in [-0.1, -0.05) is 42.5 Å². The van der Waals surface area contributed by atoms with Gasteiger partial charge in [-0.2, -0.15) is 13.2 Å². The predicted molar refractivity (Wildman–Crippen MR) is 99.3 cm³/mol. The molecule has 27 heavy (non-hydrogen) atoms. The van der Waals surface area contributed by atoms with Gasteiger partial charge in [-0.05, 0) is 52.6 Å². The molecule has 0 aliphatic heterocycles. The second kappa shape index (κ2) is 6.43. The van der Waals surface area contributed by atoms with E-state index in [1.165, 1.54) is 12.1 Å². The Morgan fingerprint density at radius 2 is 1.44 bits per heavy atom. The van der Waals surface area contributed by atoms with E-state index in [1.807, 2.05) is 6.07 Å². The number of aromatic nitrogens is 1. The van der Waals surface area contributed by atoms with E-state index >= 15 is 0 Å². The molecule has 0 radical (unpaired) electrons. The van der Waals surface area contributed by atoms with E-state index in [0.717, 1.165) is 22.6 Å². The highest BCUT2D eigenvalue weighted by Crippen LogP contribution is 2.38. The minimum atomic E-state index is -4.42. The molecule has 0 saturated carbocycles. The molecule has 0 fully saturated rings. The number of hydrogen-bond donors (Lipinski definition) is 1. The van der Waals surface area contributed by atoms with E-state index in [-0.39, 0.29) is 11.3 Å². The van der Waals surface area contributed by atoms with E-state index in [1.54, 1.807) is 54.7 Å². The molecule has 4 rings (SSSR count). The maximum absolute atomic E-state index is 13.3. The molecule has 3 aromatic carbocycles. The van der Waals surface area contributed by atoms with Crippen LogP contribution in [0.2, 0.25) is 0 Å². The second-order valence-electron chi connectivity index (χ2n) is 6.18. The smallest absolute Gasteiger partial charge is 0.417 e. The van der Waals surface area contributed by atoms with E-state index < -0.39 is 11.7 Å². The molecule has 1 heterocycles. The number of hydrogen-bond acceptors (Lipinski definition) is 2. The zero-order chi connectivity index (χ0) is 19.0. The number of benzene rings is 3. The summed E-state index contributed by atoms with van der Waals surface area (Å²) in [5.41, 5.74) is 2.32. The number of pyridine rings is 1. The third-order valence-corrected chi connectivity index (χ3v) is 4.46. The molecular weight excluding hydrogens is 351 g/mol. The third kappa shape index (κ3) is 3.24. The van der Waals surface area contributed by atoms with Crippen LogP contribution in [0.3, 0.4) is 0 Å². The van der Waals surface area contributed by atoms with Crippen molar-refractivity contribution in [2.75, 3.05) is 0 Å². The number of alkyl halides is 3. The summed E-state index contributed by atoms with van der Waals surface area (Å²) in [6, 6.07) is 19.3. The van der Waals surface area contributed by atoms with E-state index in [9.17, 15) is 18.3 Å². The molecule has 134 valence electrons. The zero-order valence-corrected chi connectivity index (χ0v) is 14.0. The van der Waals surface area contributed by atoms with Gasteiger partial charge in [0.2, 0.25) is 0 Å². The monoisotopic (exact) mass is 365 g/mol. The molecule has 0 amide bonds. The molecule has 0 atom stereocenters. The van der Waals surface area contributed by atoms with Crippen LogP contribution in [0.5, 0.6) is 5.75 Å². The van der Waals surface area contributed by atoms with Crippen molar-refractivity contribution in [1.29, 1.82) is 0 Å². The van der Waals surface area contributed by atoms with E-state index in [4.69, 9.17) is 0 Å². The molecule has 0 saturated heterocycles. The predicted octanol–water partition coefficient (Wildman–Crippen LogP) is 6.29. The number of aromatic hydroxyl groups is 1. The van der Waals surface area contributed by atoms with Crippen LogP contribution >= 0.6 is 0 Å². The molecule has 0 aliphatic rings. The first-order valence-electron chi connectivity index (χ1n) is 8.28. The number of phenolic OH excluding ortho intramolecular Hbond substituents is 1. The summed E-state index contributed by atoms with van der Waals surface area (Å²) in [5.74, 6) is 0.170. The van der Waals surface area contributed by atoms with Gasteiger partial charge in [0, 0.05) is 11.6 Å². The van der Waals surface area contributed by atoms with Crippen molar-refractivity contribution in [2.45, 2.75) is 6.18 Å². The largest absolute Gasteiger partial charge is 0.508 e. The van der Waals surface area contributed by atoms with Crippen LogP contribution < -0.4 is 0 Å². The average molecular weight is 365 g/mol. The van der Waals surface area contributed by atoms with Crippen molar-refractivity contribution in [2.24, 2.45) is 0 Å². The Kier molecular flexibility index (Phi) is 4.07. The van der Waals surface area contributed by atoms with Crippen molar-refractivity contribution in [3.05, 3.63) is 84.6 Å². The van der Waals surface area contributed by atoms with Gasteiger partial charge in [-0.3, -0.25) is 4.98 Å². The first-order chi connectivity index (χ1) is 12.9. The Bertz CT molecular complexity index is 1120. The summed E-state index contributed by atoms with van der Waals surface area (Å²) in [6.07, 6.45) is -2.79. The van der Waals surface area contributed by atoms with Crippen LogP contribution in [0.1, 0.15) is 5.56 Å². The molecule has 5 heteroatoms. The third-order valence-electron chi connectivity index (χ3n) is 4.46. The SMILES string of the molecule is Oc1ccc(-c2ccnc3cc(-c4ccccc4C(F)(F)F)ccc23)cc1. The molecule has 0 aliphatic carbocycles. The van der Waals surface area contributed by atoms with Gasteiger partial charge in [-0.15, -0.1) is 0 Å². The Hall–Kier alpha value is -3.34. The number of rotatable bonds is 2. The van der Waals surface area contributed by atoms with Gasteiger partial charge in [0.25, 0.3) is 0 Å². The van der Waals surface area contributed by atoms with Gasteiger partial charge >= 0.3 is 6.18 Å². The first kappa shape index (κ1) is 17.1. The van der Waals surface area contributed by atoms with Crippen molar-refractivity contribution in [3.63, 3.8) is 0 Å². The van der Waals surface area contributed by atoms with E-state index in [2.05, 4.69) is 4.98 Å². The highest BCUT2D eigenvalue weighted by atomic mass is 19.4. The van der Waals surface area contributed by atoms with Crippen LogP contribution in [0.25, 0.3) is 33.2 Å². The van der Waals surface area contributed by atoms with Crippen molar-refractivity contribution in [1.82, 2.24) is 4.98 Å². The lowest BCUT2D eigenvalue weighted by Gasteiger charge is -2.14. The molecule has 0 unspecified atom stereocenters. The normalized spacial score (nSPS) is 11.7. The summed E-state index contributed by atoms with van der Waals surface area (Å²) in [6.45, 7) is 0. The van der Waals surface area contributed by atoms with Gasteiger partial charge in [0.05, 0.1) is 11.1 Å². The summed E-state index contributed by atoms with van der Waals surface area (Å²) < 4.78 is 40.0. The van der Waals surface area contributed by atoms with E-state index in [0.29, 0.717) is 11.1 Å². The van der Waals surface area contributed by atoms with Gasteiger partial charge < -0.3 is 5.11 Å². The Labute approximate surface area is 153 Å². The van der Waals surface area contributed by atoms with Crippen molar-refractivity contribution < 1.29 is 18.3 Å². The molecule has 1 aromatic heterocycles. The van der Waals surface area contributed by atoms with Crippen LogP contribution in [-0.2, 0) is 6.18 Å². The lowest BCUT2D eigenvalue weighted by molar-refractivity contribution is -0.137. The molecule has 4 aromatic rings. The van der Waals surface area contributed by atoms with Crippen molar-refractivity contribution >= 4 is 10.9 Å². The summed E-state index contributed by atoms with van der Waals surface area (Å²) in [4.78, 5) is 4.33. The topological polar surface area (TPSA) is 33.1 Å². The molecule has 0 bridgehead atoms. The Morgan fingerprint density at radius 3 is 2.19 bits per heavy atom. The molecule has 2 nitrogen and oxygen atoms in total. The summed E-state index contributed by atoms with van der Waals surface area (Å²) in [5, 5.41) is 10.3. The highest BCUT2D eigenvalue weighted by Gasteiger charge is 2.33. The number of phenols is 1. The standard InChI is InChI=1S/C22H14F3NO/c23-22(24,25)20-4-2-1-3-18(20)15-7-10-19-17(11-12-26-21(19)13-15)14-5-8-16(27)9-6-14/h1-13,27H. The molecular formula is C22H14F3NO. The lowest BCUT2D eigenvalue weighted by Crippen LogP contribution is -2.06. The minimum absolute atomic E-state index is 0.128. The van der Waals surface area contributed by atoms with Gasteiger partial charge in [-0.25, -0.2) is 0 Å². The number of fused-ring (bicyclic) bond motifs is 1. The zero-order valence-electron chi connectivity index (χ0n) is 14.0.